The Balaban J connectivity index is 2.25. The van der Waals surface area contributed by atoms with Gasteiger partial charge in [0.1, 0.15) is 5.60 Å². The topological polar surface area (TPSA) is 89.7 Å². The van der Waals surface area contributed by atoms with Crippen molar-refractivity contribution in [2.75, 3.05) is 12.8 Å². The molecule has 1 aromatic carbocycles. The summed E-state index contributed by atoms with van der Waals surface area (Å²) in [6.45, 7) is 5.47. The maximum atomic E-state index is 12.5. The number of carbonyl (C=O) groups is 1. The third-order valence-corrected chi connectivity index (χ3v) is 5.83. The summed E-state index contributed by atoms with van der Waals surface area (Å²) in [5.74, 6) is 0. The number of nitrogens with two attached hydrogens (primary N) is 1. The Morgan fingerprint density at radius 3 is 2.48 bits per heavy atom. The van der Waals surface area contributed by atoms with E-state index >= 15 is 0 Å². The standard InChI is InChI=1S/C16H24N2O4S/c1-16(2,3)22-15(19)18(4)10-11-9-12(17)5-8-14(11)23(20,21)13-6-7-13/h5,8-9,13H,6-7,10,17H2,1-4H3. The van der Waals surface area contributed by atoms with E-state index in [1.807, 2.05) is 0 Å². The zero-order valence-electron chi connectivity index (χ0n) is 14.0. The lowest BCUT2D eigenvalue weighted by Crippen LogP contribution is -2.34. The van der Waals surface area contributed by atoms with Crippen molar-refractivity contribution in [3.05, 3.63) is 23.8 Å². The monoisotopic (exact) mass is 340 g/mol. The van der Waals surface area contributed by atoms with Gasteiger partial charge in [-0.2, -0.15) is 0 Å². The number of carbonyl (C=O) groups excluding carboxylic acids is 1. The largest absolute Gasteiger partial charge is 0.444 e. The zero-order chi connectivity index (χ0) is 17.4. The number of sulfone groups is 1. The molecule has 0 bridgehead atoms. The molecular formula is C16H24N2O4S. The zero-order valence-corrected chi connectivity index (χ0v) is 14.8. The van der Waals surface area contributed by atoms with Crippen LogP contribution < -0.4 is 5.73 Å². The average Bonchev–Trinajstić information content (AvgIpc) is 3.20. The quantitative estimate of drug-likeness (QED) is 0.851. The Morgan fingerprint density at radius 2 is 1.96 bits per heavy atom. The molecule has 1 aliphatic rings. The number of amides is 1. The number of hydrogen-bond donors (Lipinski definition) is 1. The Morgan fingerprint density at radius 1 is 1.35 bits per heavy atom. The summed E-state index contributed by atoms with van der Waals surface area (Å²) in [5, 5.41) is -0.309. The summed E-state index contributed by atoms with van der Waals surface area (Å²) in [6.07, 6.45) is 0.872. The van der Waals surface area contributed by atoms with Crippen LogP contribution in [0.3, 0.4) is 0 Å². The van der Waals surface area contributed by atoms with E-state index in [1.165, 1.54) is 11.0 Å². The van der Waals surface area contributed by atoms with Crippen molar-refractivity contribution in [1.29, 1.82) is 0 Å². The molecule has 2 rings (SSSR count). The molecule has 7 heteroatoms. The number of anilines is 1. The van der Waals surface area contributed by atoms with Gasteiger partial charge in [0, 0.05) is 12.7 Å². The summed E-state index contributed by atoms with van der Waals surface area (Å²) in [6, 6.07) is 4.71. The third-order valence-electron chi connectivity index (χ3n) is 3.47. The van der Waals surface area contributed by atoms with Crippen molar-refractivity contribution >= 4 is 21.6 Å². The van der Waals surface area contributed by atoms with E-state index in [0.717, 1.165) is 0 Å². The summed E-state index contributed by atoms with van der Waals surface area (Å²) in [7, 11) is -1.78. The first-order valence-electron chi connectivity index (χ1n) is 7.57. The Kier molecular flexibility index (Phi) is 4.61. The van der Waals surface area contributed by atoms with E-state index in [1.54, 1.807) is 40.0 Å². The van der Waals surface area contributed by atoms with Crippen LogP contribution in [0.25, 0.3) is 0 Å². The van der Waals surface area contributed by atoms with Gasteiger partial charge in [-0.05, 0) is 57.4 Å². The van der Waals surface area contributed by atoms with Gasteiger partial charge in [0.2, 0.25) is 0 Å². The van der Waals surface area contributed by atoms with Crippen LogP contribution in [0.4, 0.5) is 10.5 Å². The van der Waals surface area contributed by atoms with Gasteiger partial charge in [-0.25, -0.2) is 13.2 Å². The SMILES string of the molecule is CN(Cc1cc(N)ccc1S(=O)(=O)C1CC1)C(=O)OC(C)(C)C. The van der Waals surface area contributed by atoms with E-state index in [9.17, 15) is 13.2 Å². The fourth-order valence-electron chi connectivity index (χ4n) is 2.22. The minimum absolute atomic E-state index is 0.126. The van der Waals surface area contributed by atoms with Gasteiger partial charge in [-0.3, -0.25) is 0 Å². The molecular weight excluding hydrogens is 316 g/mol. The van der Waals surface area contributed by atoms with Gasteiger partial charge in [-0.15, -0.1) is 0 Å². The summed E-state index contributed by atoms with van der Waals surface area (Å²) < 4.78 is 30.4. The second-order valence-corrected chi connectivity index (χ2v) is 9.14. The minimum atomic E-state index is -3.35. The number of hydrogen-bond acceptors (Lipinski definition) is 5. The van der Waals surface area contributed by atoms with Gasteiger partial charge in [0.05, 0.1) is 16.7 Å². The maximum Gasteiger partial charge on any atom is 0.410 e. The lowest BCUT2D eigenvalue weighted by Gasteiger charge is -2.25. The van der Waals surface area contributed by atoms with Crippen LogP contribution in [0.5, 0.6) is 0 Å². The van der Waals surface area contributed by atoms with Crippen molar-refractivity contribution in [2.45, 2.75) is 55.9 Å². The fourth-order valence-corrected chi connectivity index (χ4v) is 4.08. The normalized spacial score (nSPS) is 15.3. The molecule has 1 fully saturated rings. The molecule has 1 aromatic rings. The van der Waals surface area contributed by atoms with E-state index in [0.29, 0.717) is 24.1 Å². The first-order valence-corrected chi connectivity index (χ1v) is 9.12. The molecule has 0 spiro atoms. The van der Waals surface area contributed by atoms with Crippen LogP contribution in [-0.2, 0) is 21.1 Å². The maximum absolute atomic E-state index is 12.5. The molecule has 0 unspecified atom stereocenters. The first-order chi connectivity index (χ1) is 10.5. The number of nitrogens with zero attached hydrogens (tertiary/aromatic N) is 1. The summed E-state index contributed by atoms with van der Waals surface area (Å²) in [4.78, 5) is 13.7. The predicted molar refractivity (Wildman–Crippen MR) is 88.8 cm³/mol. The van der Waals surface area contributed by atoms with Crippen LogP contribution >= 0.6 is 0 Å². The molecule has 0 aliphatic heterocycles. The number of benzene rings is 1. The second kappa shape index (κ2) is 6.03. The summed E-state index contributed by atoms with van der Waals surface area (Å²) in [5.41, 5.74) is 6.16. The molecule has 6 nitrogen and oxygen atoms in total. The Labute approximate surface area is 137 Å². The highest BCUT2D eigenvalue weighted by Crippen LogP contribution is 2.35. The highest BCUT2D eigenvalue weighted by molar-refractivity contribution is 7.92. The first kappa shape index (κ1) is 17.6. The van der Waals surface area contributed by atoms with Crippen molar-refractivity contribution < 1.29 is 17.9 Å². The number of ether oxygens (including phenoxy) is 1. The minimum Gasteiger partial charge on any atom is -0.444 e. The summed E-state index contributed by atoms with van der Waals surface area (Å²) >= 11 is 0. The Hall–Kier alpha value is -1.76. The highest BCUT2D eigenvalue weighted by atomic mass is 32.2. The second-order valence-electron chi connectivity index (χ2n) is 6.95. The smallest absolute Gasteiger partial charge is 0.410 e. The van der Waals surface area contributed by atoms with Gasteiger partial charge >= 0.3 is 6.09 Å². The molecule has 0 aromatic heterocycles. The van der Waals surface area contributed by atoms with Gasteiger partial charge in [-0.1, -0.05) is 0 Å². The Bertz CT molecular complexity index is 703. The van der Waals surface area contributed by atoms with E-state index in [4.69, 9.17) is 10.5 Å². The highest BCUT2D eigenvalue weighted by Gasteiger charge is 2.38. The van der Waals surface area contributed by atoms with Crippen LogP contribution in [0.15, 0.2) is 23.1 Å². The number of nitrogen functional groups attached to an aromatic ring is 1. The molecule has 0 saturated heterocycles. The molecule has 2 N–H and O–H groups in total. The molecule has 1 amide bonds. The van der Waals surface area contributed by atoms with E-state index < -0.39 is 21.5 Å². The molecule has 1 aliphatic carbocycles. The third kappa shape index (κ3) is 4.37. The van der Waals surface area contributed by atoms with Crippen LogP contribution in [0.2, 0.25) is 0 Å². The van der Waals surface area contributed by atoms with Gasteiger partial charge < -0.3 is 15.4 Å². The van der Waals surface area contributed by atoms with E-state index in [-0.39, 0.29) is 16.7 Å². The molecule has 0 atom stereocenters. The number of rotatable bonds is 4. The van der Waals surface area contributed by atoms with Crippen LogP contribution in [-0.4, -0.2) is 37.3 Å². The van der Waals surface area contributed by atoms with E-state index in [2.05, 4.69) is 0 Å². The van der Waals surface area contributed by atoms with Crippen LogP contribution in [0.1, 0.15) is 39.2 Å². The molecule has 128 valence electrons. The molecule has 0 heterocycles. The van der Waals surface area contributed by atoms with Crippen molar-refractivity contribution in [1.82, 2.24) is 4.90 Å². The molecule has 1 saturated carbocycles. The molecule has 23 heavy (non-hydrogen) atoms. The van der Waals surface area contributed by atoms with Crippen molar-refractivity contribution in [3.8, 4) is 0 Å². The van der Waals surface area contributed by atoms with Gasteiger partial charge in [0.25, 0.3) is 0 Å². The fraction of sp³-hybridized carbons (Fsp3) is 0.562. The van der Waals surface area contributed by atoms with Crippen molar-refractivity contribution in [3.63, 3.8) is 0 Å². The van der Waals surface area contributed by atoms with Gasteiger partial charge in [0.15, 0.2) is 9.84 Å². The predicted octanol–water partition coefficient (Wildman–Crippen LogP) is 2.57. The molecule has 0 radical (unpaired) electrons. The van der Waals surface area contributed by atoms with Crippen molar-refractivity contribution in [2.24, 2.45) is 0 Å². The average molecular weight is 340 g/mol. The van der Waals surface area contributed by atoms with Crippen LogP contribution in [0, 0.1) is 0 Å². The lowest BCUT2D eigenvalue weighted by molar-refractivity contribution is 0.0284. The lowest BCUT2D eigenvalue weighted by atomic mass is 10.2.